The second kappa shape index (κ2) is 12.0. The number of para-hydroxylation sites is 1. The molecule has 0 saturated carbocycles. The Balaban J connectivity index is 1.53. The summed E-state index contributed by atoms with van der Waals surface area (Å²) in [5, 5.41) is 14.2. The lowest BCUT2D eigenvalue weighted by Gasteiger charge is -2.31. The van der Waals surface area contributed by atoms with Crippen molar-refractivity contribution >= 4 is 18.0 Å². The molecule has 206 valence electrons. The normalized spacial score (nSPS) is 15.5. The Kier molecular flexibility index (Phi) is 8.50. The summed E-state index contributed by atoms with van der Waals surface area (Å²) < 4.78 is 12.7. The van der Waals surface area contributed by atoms with Gasteiger partial charge in [0, 0.05) is 18.7 Å². The molecule has 2 heterocycles. The van der Waals surface area contributed by atoms with E-state index in [4.69, 9.17) is 14.6 Å². The van der Waals surface area contributed by atoms with Crippen molar-refractivity contribution in [3.63, 3.8) is 0 Å². The van der Waals surface area contributed by atoms with Crippen molar-refractivity contribution < 1.29 is 29.0 Å². The first-order valence-electron chi connectivity index (χ1n) is 12.7. The molecule has 2 aromatic carbocycles. The topological polar surface area (TPSA) is 135 Å². The number of nitrogens with one attached hydrogen (secondary N) is 2. The van der Waals surface area contributed by atoms with E-state index in [0.717, 1.165) is 5.56 Å². The summed E-state index contributed by atoms with van der Waals surface area (Å²) in [7, 11) is 0. The molecule has 0 bridgehead atoms. The molecule has 1 fully saturated rings. The highest BCUT2D eigenvalue weighted by Crippen LogP contribution is 2.29. The number of aromatic nitrogens is 2. The number of carboxylic acid groups (broad SMARTS) is 1. The summed E-state index contributed by atoms with van der Waals surface area (Å²) in [5.41, 5.74) is 6.04. The number of esters is 1. The number of carbonyl (C=O) groups excluding carboxylic acids is 2. The Morgan fingerprint density at radius 1 is 1.05 bits per heavy atom. The van der Waals surface area contributed by atoms with E-state index in [9.17, 15) is 19.5 Å². The number of hydrogen-bond donors (Lipinski definition) is 3. The van der Waals surface area contributed by atoms with Gasteiger partial charge in [-0.25, -0.2) is 10.2 Å². The number of amides is 2. The Morgan fingerprint density at radius 2 is 1.74 bits per heavy atom. The van der Waals surface area contributed by atoms with Gasteiger partial charge in [0.1, 0.15) is 29.3 Å². The van der Waals surface area contributed by atoms with Gasteiger partial charge in [-0.3, -0.25) is 19.7 Å². The van der Waals surface area contributed by atoms with Crippen LogP contribution in [-0.2, 0) is 9.53 Å². The van der Waals surface area contributed by atoms with E-state index >= 15 is 0 Å². The molecular weight excluding hydrogens is 502 g/mol. The van der Waals surface area contributed by atoms with Crippen LogP contribution in [0.1, 0.15) is 50.1 Å². The number of carbonyl (C=O) groups is 3. The molecule has 1 atom stereocenters. The van der Waals surface area contributed by atoms with Crippen LogP contribution in [0.5, 0.6) is 11.5 Å². The quantitative estimate of drug-likeness (QED) is 0.288. The van der Waals surface area contributed by atoms with Gasteiger partial charge in [-0.2, -0.15) is 5.10 Å². The maximum atomic E-state index is 13.2. The molecule has 1 aliphatic heterocycles. The summed E-state index contributed by atoms with van der Waals surface area (Å²) in [4.78, 5) is 38.1. The molecule has 3 aromatic rings. The van der Waals surface area contributed by atoms with E-state index in [1.165, 1.54) is 4.90 Å². The maximum Gasteiger partial charge on any atom is 0.407 e. The molecule has 1 saturated heterocycles. The van der Waals surface area contributed by atoms with Crippen molar-refractivity contribution in [2.45, 2.75) is 45.3 Å². The summed E-state index contributed by atoms with van der Waals surface area (Å²) in [5.74, 6) is 0.346. The van der Waals surface area contributed by atoms with Gasteiger partial charge in [-0.05, 0) is 76.1 Å². The summed E-state index contributed by atoms with van der Waals surface area (Å²) in [6.07, 6.45) is 0.307. The zero-order valence-electron chi connectivity index (χ0n) is 22.2. The van der Waals surface area contributed by atoms with Gasteiger partial charge in [0.15, 0.2) is 0 Å². The first kappa shape index (κ1) is 27.6. The van der Waals surface area contributed by atoms with Crippen molar-refractivity contribution in [3.05, 3.63) is 66.4 Å². The molecule has 0 radical (unpaired) electrons. The van der Waals surface area contributed by atoms with Crippen molar-refractivity contribution in [2.75, 3.05) is 19.6 Å². The zero-order chi connectivity index (χ0) is 28.0. The number of hydrazine groups is 1. The Bertz CT molecular complexity index is 1300. The van der Waals surface area contributed by atoms with Crippen molar-refractivity contribution in [1.29, 1.82) is 0 Å². The molecule has 0 aliphatic carbocycles. The zero-order valence-corrected chi connectivity index (χ0v) is 22.2. The number of hydrogen-bond acceptors (Lipinski definition) is 7. The lowest BCUT2D eigenvalue weighted by Crippen LogP contribution is -2.44. The second-order valence-corrected chi connectivity index (χ2v) is 10.2. The van der Waals surface area contributed by atoms with Crippen LogP contribution in [0.15, 0.2) is 60.7 Å². The van der Waals surface area contributed by atoms with Crippen LogP contribution in [0, 0.1) is 0 Å². The van der Waals surface area contributed by atoms with Crippen LogP contribution in [-0.4, -0.2) is 63.0 Å². The smallest absolute Gasteiger partial charge is 0.407 e. The van der Waals surface area contributed by atoms with E-state index in [2.05, 4.69) is 10.9 Å². The van der Waals surface area contributed by atoms with Crippen molar-refractivity contribution in [3.8, 4) is 22.8 Å². The highest BCUT2D eigenvalue weighted by Gasteiger charge is 2.29. The van der Waals surface area contributed by atoms with Crippen LogP contribution in [0.25, 0.3) is 11.3 Å². The van der Waals surface area contributed by atoms with Gasteiger partial charge in [0.25, 0.3) is 5.91 Å². The second-order valence-electron chi connectivity index (χ2n) is 10.2. The number of piperidine rings is 1. The number of nitrogens with zero attached hydrogens (tertiary/aromatic N) is 3. The molecule has 1 aliphatic rings. The molecule has 2 amide bonds. The number of rotatable bonds is 8. The molecule has 0 spiro atoms. The highest BCUT2D eigenvalue weighted by atomic mass is 16.6. The number of ether oxygens (including phenoxy) is 2. The van der Waals surface area contributed by atoms with E-state index < -0.39 is 23.6 Å². The minimum Gasteiger partial charge on any atom is -0.465 e. The third kappa shape index (κ3) is 7.57. The van der Waals surface area contributed by atoms with Crippen molar-refractivity contribution in [1.82, 2.24) is 25.5 Å². The molecule has 11 heteroatoms. The predicted molar refractivity (Wildman–Crippen MR) is 143 cm³/mol. The minimum absolute atomic E-state index is 0.214. The lowest BCUT2D eigenvalue weighted by atomic mass is 10.1. The maximum absolute atomic E-state index is 13.2. The fraction of sp³-hybridized carbons (Fsp3) is 0.357. The Hall–Kier alpha value is -4.38. The van der Waals surface area contributed by atoms with E-state index in [1.807, 2.05) is 54.6 Å². The number of likely N-dealkylation sites (tertiary alicyclic amines) is 1. The molecule has 1 unspecified atom stereocenters. The Morgan fingerprint density at radius 3 is 2.41 bits per heavy atom. The third-order valence-corrected chi connectivity index (χ3v) is 5.96. The van der Waals surface area contributed by atoms with Gasteiger partial charge in [0.2, 0.25) is 0 Å². The monoisotopic (exact) mass is 535 g/mol. The fourth-order valence-electron chi connectivity index (χ4n) is 4.27. The van der Waals surface area contributed by atoms with Gasteiger partial charge >= 0.3 is 12.1 Å². The first-order valence-corrected chi connectivity index (χ1v) is 12.7. The average molecular weight is 536 g/mol. The van der Waals surface area contributed by atoms with Crippen LogP contribution < -0.4 is 15.6 Å². The molecule has 11 nitrogen and oxygen atoms in total. The van der Waals surface area contributed by atoms with E-state index in [0.29, 0.717) is 36.6 Å². The Labute approximate surface area is 226 Å². The molecular formula is C28H33N5O6. The van der Waals surface area contributed by atoms with Gasteiger partial charge in [0.05, 0.1) is 11.7 Å². The third-order valence-electron chi connectivity index (χ3n) is 5.96. The predicted octanol–water partition coefficient (Wildman–Crippen LogP) is 4.23. The van der Waals surface area contributed by atoms with Gasteiger partial charge in [-0.1, -0.05) is 18.2 Å². The standard InChI is InChI=1S/C28H33N5O6/c1-28(2,3)39-25(34)17-29-30-26(35)24-16-23(31-33(24)20-8-7-15-32(18-20)27(36)37)19-11-13-22(14-12-19)38-21-9-5-4-6-10-21/h4-6,9-14,16,20,29H,7-8,15,17-18H2,1-3H3,(H,30,35)(H,36,37). The fourth-order valence-corrected chi connectivity index (χ4v) is 4.27. The van der Waals surface area contributed by atoms with Crippen LogP contribution in [0.3, 0.4) is 0 Å². The van der Waals surface area contributed by atoms with Crippen LogP contribution in [0.4, 0.5) is 4.79 Å². The number of benzene rings is 2. The lowest BCUT2D eigenvalue weighted by molar-refractivity contribution is -0.153. The first-order chi connectivity index (χ1) is 18.6. The highest BCUT2D eigenvalue weighted by molar-refractivity contribution is 5.93. The molecule has 3 N–H and O–H groups in total. The summed E-state index contributed by atoms with van der Waals surface area (Å²) >= 11 is 0. The van der Waals surface area contributed by atoms with Crippen LogP contribution >= 0.6 is 0 Å². The largest absolute Gasteiger partial charge is 0.465 e. The molecule has 1 aromatic heterocycles. The van der Waals surface area contributed by atoms with Crippen molar-refractivity contribution in [2.24, 2.45) is 0 Å². The SMILES string of the molecule is CC(C)(C)OC(=O)CNNC(=O)c1cc(-c2ccc(Oc3ccccc3)cc2)nn1C1CCCN(C(=O)O)C1. The summed E-state index contributed by atoms with van der Waals surface area (Å²) in [6.45, 7) is 5.70. The van der Waals surface area contributed by atoms with E-state index in [-0.39, 0.29) is 24.8 Å². The molecule has 39 heavy (non-hydrogen) atoms. The van der Waals surface area contributed by atoms with Gasteiger partial charge in [-0.15, -0.1) is 0 Å². The van der Waals surface area contributed by atoms with E-state index in [1.54, 1.807) is 31.5 Å². The minimum atomic E-state index is -1.01. The average Bonchev–Trinajstić information content (AvgIpc) is 3.34. The molecule has 4 rings (SSSR count). The van der Waals surface area contributed by atoms with Crippen LogP contribution in [0.2, 0.25) is 0 Å². The van der Waals surface area contributed by atoms with Gasteiger partial charge < -0.3 is 19.5 Å². The summed E-state index contributed by atoms with van der Waals surface area (Å²) in [6, 6.07) is 18.1.